The van der Waals surface area contributed by atoms with Gasteiger partial charge in [0.15, 0.2) is 0 Å². The number of aryl methyl sites for hydroxylation is 1. The zero-order chi connectivity index (χ0) is 15.2. The Morgan fingerprint density at radius 3 is 2.38 bits per heavy atom. The average molecular weight is 280 g/mol. The highest BCUT2D eigenvalue weighted by atomic mass is 16.2. The van der Waals surface area contributed by atoms with E-state index < -0.39 is 5.41 Å². The van der Waals surface area contributed by atoms with Gasteiger partial charge in [-0.3, -0.25) is 4.79 Å². The molecule has 1 amide bonds. The van der Waals surface area contributed by atoms with Gasteiger partial charge in [0, 0.05) is 40.0 Å². The zero-order valence-corrected chi connectivity index (χ0v) is 12.9. The summed E-state index contributed by atoms with van der Waals surface area (Å²) in [6, 6.07) is 14.4. The molecule has 0 aliphatic rings. The summed E-state index contributed by atoms with van der Waals surface area (Å²) < 4.78 is 2.18. The van der Waals surface area contributed by atoms with Gasteiger partial charge in [0.05, 0.1) is 0 Å². The number of nitrogens with one attached hydrogen (secondary N) is 1. The van der Waals surface area contributed by atoms with Crippen LogP contribution in [0.1, 0.15) is 20.8 Å². The Kier molecular flexibility index (Phi) is 3.01. The Hall–Kier alpha value is -2.29. The smallest absolute Gasteiger partial charge is 0.229 e. The summed E-state index contributed by atoms with van der Waals surface area (Å²) >= 11 is 0. The lowest BCUT2D eigenvalue weighted by Crippen LogP contribution is -2.27. The fourth-order valence-corrected chi connectivity index (χ4v) is 2.56. The number of fused-ring (bicyclic) bond motifs is 3. The van der Waals surface area contributed by atoms with Gasteiger partial charge in [-0.2, -0.15) is 0 Å². The number of benzene rings is 2. The van der Waals surface area contributed by atoms with Crippen molar-refractivity contribution in [2.24, 2.45) is 12.5 Å². The molecule has 1 heterocycles. The van der Waals surface area contributed by atoms with Crippen molar-refractivity contribution < 1.29 is 4.79 Å². The molecule has 0 fully saturated rings. The van der Waals surface area contributed by atoms with Crippen molar-refractivity contribution in [1.82, 2.24) is 4.57 Å². The normalized spacial score (nSPS) is 12.0. The van der Waals surface area contributed by atoms with E-state index in [4.69, 9.17) is 0 Å². The molecule has 0 radical (unpaired) electrons. The van der Waals surface area contributed by atoms with E-state index in [1.165, 1.54) is 21.8 Å². The lowest BCUT2D eigenvalue weighted by atomic mass is 9.95. The third-order valence-electron chi connectivity index (χ3n) is 3.85. The Labute approximate surface area is 124 Å². The van der Waals surface area contributed by atoms with Crippen LogP contribution in [0.4, 0.5) is 5.69 Å². The van der Waals surface area contributed by atoms with Gasteiger partial charge >= 0.3 is 0 Å². The molecule has 3 nitrogen and oxygen atoms in total. The van der Waals surface area contributed by atoms with Gasteiger partial charge in [-0.05, 0) is 24.3 Å². The summed E-state index contributed by atoms with van der Waals surface area (Å²) in [5, 5.41) is 5.38. The molecule has 21 heavy (non-hydrogen) atoms. The van der Waals surface area contributed by atoms with Crippen LogP contribution in [0.25, 0.3) is 21.8 Å². The molecule has 0 bridgehead atoms. The number of hydrogen-bond acceptors (Lipinski definition) is 1. The van der Waals surface area contributed by atoms with Gasteiger partial charge in [0.2, 0.25) is 5.91 Å². The number of amides is 1. The van der Waals surface area contributed by atoms with Crippen LogP contribution in [0.3, 0.4) is 0 Å². The first-order valence-electron chi connectivity index (χ1n) is 7.16. The molecular formula is C18H20N2O. The highest BCUT2D eigenvalue weighted by Gasteiger charge is 2.21. The van der Waals surface area contributed by atoms with E-state index in [9.17, 15) is 4.79 Å². The van der Waals surface area contributed by atoms with E-state index in [0.717, 1.165) is 5.69 Å². The average Bonchev–Trinajstić information content (AvgIpc) is 2.72. The number of aromatic nitrogens is 1. The number of carbonyl (C=O) groups is 1. The van der Waals surface area contributed by atoms with Crippen LogP contribution in [-0.4, -0.2) is 10.5 Å². The minimum absolute atomic E-state index is 0.0297. The Balaban J connectivity index is 2.12. The number of carbonyl (C=O) groups excluding carboxylic acids is 1. The van der Waals surface area contributed by atoms with Crippen LogP contribution in [-0.2, 0) is 11.8 Å². The maximum atomic E-state index is 12.1. The monoisotopic (exact) mass is 280 g/mol. The molecule has 0 unspecified atom stereocenters. The van der Waals surface area contributed by atoms with E-state index in [1.807, 2.05) is 39.0 Å². The van der Waals surface area contributed by atoms with Crippen molar-refractivity contribution in [1.29, 1.82) is 0 Å². The Morgan fingerprint density at radius 1 is 1.00 bits per heavy atom. The summed E-state index contributed by atoms with van der Waals surface area (Å²) in [6.45, 7) is 5.75. The van der Waals surface area contributed by atoms with Gasteiger partial charge in [-0.1, -0.05) is 39.0 Å². The molecule has 1 aromatic heterocycles. The first kappa shape index (κ1) is 13.7. The maximum absolute atomic E-state index is 12.1. The molecule has 0 aliphatic heterocycles. The van der Waals surface area contributed by atoms with Crippen LogP contribution in [0, 0.1) is 5.41 Å². The van der Waals surface area contributed by atoms with Crippen LogP contribution in [0.5, 0.6) is 0 Å². The maximum Gasteiger partial charge on any atom is 0.229 e. The SMILES string of the molecule is Cn1c2ccccc2c2cc(NC(=O)C(C)(C)C)ccc21. The van der Waals surface area contributed by atoms with Crippen LogP contribution >= 0.6 is 0 Å². The minimum atomic E-state index is -0.395. The van der Waals surface area contributed by atoms with Crippen molar-refractivity contribution >= 4 is 33.4 Å². The molecular weight excluding hydrogens is 260 g/mol. The summed E-state index contributed by atoms with van der Waals surface area (Å²) in [7, 11) is 2.07. The van der Waals surface area contributed by atoms with Crippen LogP contribution in [0.2, 0.25) is 0 Å². The van der Waals surface area contributed by atoms with Gasteiger partial charge in [-0.15, -0.1) is 0 Å². The van der Waals surface area contributed by atoms with Crippen molar-refractivity contribution in [3.63, 3.8) is 0 Å². The summed E-state index contributed by atoms with van der Waals surface area (Å²) in [6.07, 6.45) is 0. The number of rotatable bonds is 1. The number of anilines is 1. The predicted molar refractivity (Wildman–Crippen MR) is 88.5 cm³/mol. The molecule has 1 N–H and O–H groups in total. The number of nitrogens with zero attached hydrogens (tertiary/aromatic N) is 1. The van der Waals surface area contributed by atoms with E-state index in [2.05, 4.69) is 41.2 Å². The molecule has 2 aromatic carbocycles. The van der Waals surface area contributed by atoms with Crippen molar-refractivity contribution in [3.8, 4) is 0 Å². The molecule has 3 rings (SSSR count). The number of para-hydroxylation sites is 1. The fraction of sp³-hybridized carbons (Fsp3) is 0.278. The van der Waals surface area contributed by atoms with E-state index in [0.29, 0.717) is 0 Å². The van der Waals surface area contributed by atoms with Gasteiger partial charge in [-0.25, -0.2) is 0 Å². The second-order valence-electron chi connectivity index (χ2n) is 6.51. The minimum Gasteiger partial charge on any atom is -0.344 e. The van der Waals surface area contributed by atoms with Crippen LogP contribution in [0.15, 0.2) is 42.5 Å². The molecule has 0 spiro atoms. The predicted octanol–water partition coefficient (Wildman–Crippen LogP) is 4.32. The standard InChI is InChI=1S/C18H20N2O/c1-18(2,3)17(21)19-12-9-10-16-14(11-12)13-7-5-6-8-15(13)20(16)4/h5-11H,1-4H3,(H,19,21). The zero-order valence-electron chi connectivity index (χ0n) is 12.9. The Bertz CT molecular complexity index is 837. The van der Waals surface area contributed by atoms with Gasteiger partial charge in [0.1, 0.15) is 0 Å². The molecule has 0 atom stereocenters. The third-order valence-corrected chi connectivity index (χ3v) is 3.85. The molecule has 3 aromatic rings. The largest absolute Gasteiger partial charge is 0.344 e. The summed E-state index contributed by atoms with van der Waals surface area (Å²) in [4.78, 5) is 12.1. The second kappa shape index (κ2) is 4.62. The second-order valence-corrected chi connectivity index (χ2v) is 6.51. The first-order valence-corrected chi connectivity index (χ1v) is 7.16. The summed E-state index contributed by atoms with van der Waals surface area (Å²) in [5.74, 6) is 0.0297. The third kappa shape index (κ3) is 2.29. The molecule has 0 saturated heterocycles. The Morgan fingerprint density at radius 2 is 1.67 bits per heavy atom. The van der Waals surface area contributed by atoms with E-state index in [1.54, 1.807) is 0 Å². The van der Waals surface area contributed by atoms with E-state index in [-0.39, 0.29) is 5.91 Å². The van der Waals surface area contributed by atoms with Gasteiger partial charge < -0.3 is 9.88 Å². The van der Waals surface area contributed by atoms with E-state index >= 15 is 0 Å². The van der Waals surface area contributed by atoms with Gasteiger partial charge in [0.25, 0.3) is 0 Å². The molecule has 0 aliphatic carbocycles. The quantitative estimate of drug-likeness (QED) is 0.708. The van der Waals surface area contributed by atoms with Crippen molar-refractivity contribution in [2.45, 2.75) is 20.8 Å². The number of hydrogen-bond donors (Lipinski definition) is 1. The molecule has 0 saturated carbocycles. The summed E-state index contributed by atoms with van der Waals surface area (Å²) in [5.41, 5.74) is 2.82. The molecule has 3 heteroatoms. The fourth-order valence-electron chi connectivity index (χ4n) is 2.56. The van der Waals surface area contributed by atoms with Crippen LogP contribution < -0.4 is 5.32 Å². The highest BCUT2D eigenvalue weighted by Crippen LogP contribution is 2.30. The van der Waals surface area contributed by atoms with Crippen molar-refractivity contribution in [2.75, 3.05) is 5.32 Å². The first-order chi connectivity index (χ1) is 9.88. The molecule has 108 valence electrons. The lowest BCUT2D eigenvalue weighted by Gasteiger charge is -2.17. The lowest BCUT2D eigenvalue weighted by molar-refractivity contribution is -0.123. The topological polar surface area (TPSA) is 34.0 Å². The highest BCUT2D eigenvalue weighted by molar-refractivity contribution is 6.09. The van der Waals surface area contributed by atoms with Crippen molar-refractivity contribution in [3.05, 3.63) is 42.5 Å².